The smallest absolute Gasteiger partial charge is 0.119 e. The molecule has 0 spiro atoms. The highest BCUT2D eigenvalue weighted by Crippen LogP contribution is 2.42. The van der Waals surface area contributed by atoms with E-state index in [0.717, 1.165) is 63.5 Å². The largest absolute Gasteiger partial charge is 0.494 e. The second-order valence-corrected chi connectivity index (χ2v) is 13.6. The predicted octanol–water partition coefficient (Wildman–Crippen LogP) is 11.6. The number of hydrogen-bond donors (Lipinski definition) is 0. The number of hydrogen-bond acceptors (Lipinski definition) is 5. The van der Waals surface area contributed by atoms with E-state index in [1.165, 1.54) is 56.8 Å². The average molecular weight is 591 g/mol. The van der Waals surface area contributed by atoms with Gasteiger partial charge in [-0.1, -0.05) is 87.1 Å². The van der Waals surface area contributed by atoms with Gasteiger partial charge in [-0.15, -0.1) is 22.7 Å². The second kappa shape index (κ2) is 12.8. The minimum absolute atomic E-state index is 0.738. The van der Waals surface area contributed by atoms with E-state index in [0.29, 0.717) is 0 Å². The third kappa shape index (κ3) is 6.13. The minimum atomic E-state index is 0.738. The SMILES string of the molecule is CCCCCCCCOc1cccc(-c2nc3c(-c4cc5sc(C)cc5s4)ccc(C)c3nc2-c2cccc(C)c2)c1. The number of aromatic nitrogens is 2. The van der Waals surface area contributed by atoms with Crippen molar-refractivity contribution in [3.05, 3.63) is 88.8 Å². The lowest BCUT2D eigenvalue weighted by Gasteiger charge is -2.15. The van der Waals surface area contributed by atoms with E-state index in [1.54, 1.807) is 0 Å². The van der Waals surface area contributed by atoms with Crippen LogP contribution in [0.15, 0.2) is 72.8 Å². The maximum absolute atomic E-state index is 6.23. The van der Waals surface area contributed by atoms with E-state index in [2.05, 4.69) is 100 Å². The van der Waals surface area contributed by atoms with Gasteiger partial charge in [-0.3, -0.25) is 0 Å². The van der Waals surface area contributed by atoms with Crippen LogP contribution in [0.1, 0.15) is 61.5 Å². The predicted molar refractivity (Wildman–Crippen MR) is 182 cm³/mol. The van der Waals surface area contributed by atoms with Gasteiger partial charge in [-0.05, 0) is 63.1 Å². The zero-order chi connectivity index (χ0) is 29.1. The first kappa shape index (κ1) is 28.6. The van der Waals surface area contributed by atoms with Gasteiger partial charge in [0.05, 0.1) is 29.0 Å². The Morgan fingerprint density at radius 2 is 1.38 bits per heavy atom. The molecule has 3 nitrogen and oxygen atoms in total. The van der Waals surface area contributed by atoms with Crippen LogP contribution in [0.3, 0.4) is 0 Å². The molecule has 0 unspecified atom stereocenters. The monoisotopic (exact) mass is 590 g/mol. The number of aryl methyl sites for hydroxylation is 3. The van der Waals surface area contributed by atoms with Crippen molar-refractivity contribution in [3.8, 4) is 38.7 Å². The number of nitrogens with zero attached hydrogens (tertiary/aromatic N) is 2. The van der Waals surface area contributed by atoms with Gasteiger partial charge >= 0.3 is 0 Å². The molecule has 0 saturated heterocycles. The van der Waals surface area contributed by atoms with Gasteiger partial charge in [-0.25, -0.2) is 9.97 Å². The van der Waals surface area contributed by atoms with Gasteiger partial charge in [0.1, 0.15) is 5.75 Å². The first-order valence-corrected chi connectivity index (χ1v) is 16.8. The lowest BCUT2D eigenvalue weighted by Crippen LogP contribution is -2.00. The molecule has 0 bridgehead atoms. The summed E-state index contributed by atoms with van der Waals surface area (Å²) < 4.78 is 8.90. The minimum Gasteiger partial charge on any atom is -0.494 e. The topological polar surface area (TPSA) is 35.0 Å². The average Bonchev–Trinajstić information content (AvgIpc) is 3.54. The van der Waals surface area contributed by atoms with Crippen LogP contribution >= 0.6 is 22.7 Å². The molecule has 0 radical (unpaired) electrons. The lowest BCUT2D eigenvalue weighted by atomic mass is 10.0. The van der Waals surface area contributed by atoms with Crippen LogP contribution in [0.5, 0.6) is 5.75 Å². The molecule has 0 saturated carbocycles. The van der Waals surface area contributed by atoms with E-state index in [9.17, 15) is 0 Å². The number of fused-ring (bicyclic) bond motifs is 2. The fourth-order valence-electron chi connectivity index (χ4n) is 5.55. The molecule has 0 N–H and O–H groups in total. The van der Waals surface area contributed by atoms with Crippen molar-refractivity contribution < 1.29 is 4.74 Å². The van der Waals surface area contributed by atoms with Crippen molar-refractivity contribution in [2.75, 3.05) is 6.61 Å². The number of benzene rings is 3. The summed E-state index contributed by atoms with van der Waals surface area (Å²) in [6.07, 6.45) is 7.50. The molecule has 0 aliphatic heterocycles. The van der Waals surface area contributed by atoms with E-state index in [1.807, 2.05) is 22.7 Å². The highest BCUT2D eigenvalue weighted by molar-refractivity contribution is 7.29. The molecule has 0 amide bonds. The first-order chi connectivity index (χ1) is 20.5. The molecule has 0 atom stereocenters. The van der Waals surface area contributed by atoms with Crippen molar-refractivity contribution in [2.45, 2.75) is 66.2 Å². The van der Waals surface area contributed by atoms with Crippen molar-refractivity contribution in [3.63, 3.8) is 0 Å². The maximum Gasteiger partial charge on any atom is 0.119 e. The summed E-state index contributed by atoms with van der Waals surface area (Å²) >= 11 is 3.69. The van der Waals surface area contributed by atoms with Crippen molar-refractivity contribution >= 4 is 43.1 Å². The lowest BCUT2D eigenvalue weighted by molar-refractivity contribution is 0.304. The molecule has 0 fully saturated rings. The number of rotatable bonds is 11. The summed E-state index contributed by atoms with van der Waals surface area (Å²) in [7, 11) is 0. The molecule has 6 aromatic rings. The summed E-state index contributed by atoms with van der Waals surface area (Å²) in [6.45, 7) is 9.43. The first-order valence-electron chi connectivity index (χ1n) is 15.1. The van der Waals surface area contributed by atoms with Crippen LogP contribution in [0.2, 0.25) is 0 Å². The van der Waals surface area contributed by atoms with Gasteiger partial charge in [-0.2, -0.15) is 0 Å². The Hall–Kier alpha value is -3.54. The summed E-state index contributed by atoms with van der Waals surface area (Å²) in [5, 5.41) is 0. The molecule has 3 aromatic carbocycles. The Balaban J connectivity index is 1.42. The van der Waals surface area contributed by atoms with E-state index in [-0.39, 0.29) is 0 Å². The van der Waals surface area contributed by atoms with Crippen molar-refractivity contribution in [1.82, 2.24) is 9.97 Å². The number of thiophene rings is 2. The highest BCUT2D eigenvalue weighted by atomic mass is 32.1. The van der Waals surface area contributed by atoms with Crippen LogP contribution in [-0.2, 0) is 0 Å². The second-order valence-electron chi connectivity index (χ2n) is 11.3. The Labute approximate surface area is 257 Å². The fourth-order valence-corrected chi connectivity index (χ4v) is 7.90. The third-order valence-electron chi connectivity index (χ3n) is 7.79. The third-order valence-corrected chi connectivity index (χ3v) is 10.0. The number of ether oxygens (including phenoxy) is 1. The quantitative estimate of drug-likeness (QED) is 0.141. The van der Waals surface area contributed by atoms with Crippen LogP contribution in [0, 0.1) is 20.8 Å². The Bertz CT molecular complexity index is 1820. The van der Waals surface area contributed by atoms with Crippen molar-refractivity contribution in [1.29, 1.82) is 0 Å². The van der Waals surface area contributed by atoms with Gasteiger partial charge in [0, 0.05) is 35.8 Å². The Morgan fingerprint density at radius 1 is 0.667 bits per heavy atom. The van der Waals surface area contributed by atoms with E-state index >= 15 is 0 Å². The van der Waals surface area contributed by atoms with Crippen LogP contribution in [-0.4, -0.2) is 16.6 Å². The molecule has 0 aliphatic carbocycles. The number of unbranched alkanes of at least 4 members (excludes halogenated alkanes) is 5. The zero-order valence-corrected chi connectivity index (χ0v) is 26.6. The summed E-state index contributed by atoms with van der Waals surface area (Å²) in [5.74, 6) is 0.886. The van der Waals surface area contributed by atoms with Gasteiger partial charge < -0.3 is 4.74 Å². The maximum atomic E-state index is 6.23. The van der Waals surface area contributed by atoms with E-state index < -0.39 is 0 Å². The van der Waals surface area contributed by atoms with Crippen LogP contribution in [0.4, 0.5) is 0 Å². The van der Waals surface area contributed by atoms with Gasteiger partial charge in [0.15, 0.2) is 0 Å². The molecule has 42 heavy (non-hydrogen) atoms. The molecular formula is C37H38N2OS2. The molecule has 0 aliphatic rings. The molecule has 5 heteroatoms. The normalized spacial score (nSPS) is 11.5. The molecule has 214 valence electrons. The summed E-state index contributed by atoms with van der Waals surface area (Å²) in [5.41, 5.74) is 9.28. The van der Waals surface area contributed by atoms with Crippen molar-refractivity contribution in [2.24, 2.45) is 0 Å². The van der Waals surface area contributed by atoms with E-state index in [4.69, 9.17) is 14.7 Å². The summed E-state index contributed by atoms with van der Waals surface area (Å²) in [6, 6.07) is 26.0. The van der Waals surface area contributed by atoms with Crippen LogP contribution < -0.4 is 4.74 Å². The Morgan fingerprint density at radius 3 is 2.17 bits per heavy atom. The molecule has 3 heterocycles. The van der Waals surface area contributed by atoms with Crippen LogP contribution in [0.25, 0.3) is 53.4 Å². The highest BCUT2D eigenvalue weighted by Gasteiger charge is 2.19. The van der Waals surface area contributed by atoms with Gasteiger partial charge in [0.25, 0.3) is 0 Å². The molecular weight excluding hydrogens is 553 g/mol. The molecule has 6 rings (SSSR count). The summed E-state index contributed by atoms with van der Waals surface area (Å²) in [4.78, 5) is 13.4. The Kier molecular flexibility index (Phi) is 8.68. The van der Waals surface area contributed by atoms with Gasteiger partial charge in [0.2, 0.25) is 0 Å². The standard InChI is InChI=1S/C37H38N2OS2/c1-5-6-7-8-9-10-19-40-29-16-12-15-28(22-29)36-35(27-14-11-13-24(2)20-27)38-34-25(3)17-18-30(37(34)39-36)31-23-33-32(42-31)21-26(4)41-33/h11-18,20-23H,5-10,19H2,1-4H3. The molecule has 3 aromatic heterocycles. The fraction of sp³-hybridized carbons (Fsp3) is 0.297. The zero-order valence-electron chi connectivity index (χ0n) is 25.0.